The average Bonchev–Trinajstić information content (AvgIpc) is 2.72. The molecule has 0 aliphatic rings. The zero-order chi connectivity index (χ0) is 12.0. The van der Waals surface area contributed by atoms with E-state index in [0.717, 1.165) is 21.6 Å². The van der Waals surface area contributed by atoms with E-state index < -0.39 is 0 Å². The second-order valence-corrected chi connectivity index (χ2v) is 5.59. The summed E-state index contributed by atoms with van der Waals surface area (Å²) in [4.78, 5) is 1.93. The van der Waals surface area contributed by atoms with E-state index in [0.29, 0.717) is 6.42 Å². The highest BCUT2D eigenvalue weighted by molar-refractivity contribution is 8.01. The quantitative estimate of drug-likeness (QED) is 0.200. The van der Waals surface area contributed by atoms with Gasteiger partial charge in [-0.1, -0.05) is 28.3 Å². The standard InChI is InChI=1S/C8H15N5OS2/c1-13(2)7-10-11-8(16-7)15-5-3-4-6(9)12-14/h14H,3-5H2,1-2H3,(H2,9,12). The van der Waals surface area contributed by atoms with Crippen molar-refractivity contribution in [3.63, 3.8) is 0 Å². The second kappa shape index (κ2) is 6.54. The first-order valence-corrected chi connectivity index (χ1v) is 6.53. The van der Waals surface area contributed by atoms with Gasteiger partial charge in [0.1, 0.15) is 5.84 Å². The Balaban J connectivity index is 2.27. The fraction of sp³-hybridized carbons (Fsp3) is 0.625. The molecule has 0 atom stereocenters. The summed E-state index contributed by atoms with van der Waals surface area (Å²) in [6.45, 7) is 0. The molecule has 6 nitrogen and oxygen atoms in total. The van der Waals surface area contributed by atoms with Gasteiger partial charge in [0.05, 0.1) is 0 Å². The smallest absolute Gasteiger partial charge is 0.208 e. The van der Waals surface area contributed by atoms with Crippen LogP contribution in [0, 0.1) is 0 Å². The van der Waals surface area contributed by atoms with Crippen LogP contribution in [0.1, 0.15) is 12.8 Å². The Kier molecular flexibility index (Phi) is 5.33. The van der Waals surface area contributed by atoms with E-state index in [1.165, 1.54) is 0 Å². The molecule has 0 saturated heterocycles. The third-order valence-electron chi connectivity index (χ3n) is 1.71. The second-order valence-electron chi connectivity index (χ2n) is 3.29. The molecule has 0 unspecified atom stereocenters. The van der Waals surface area contributed by atoms with Crippen molar-refractivity contribution in [2.45, 2.75) is 17.2 Å². The summed E-state index contributed by atoms with van der Waals surface area (Å²) in [5.74, 6) is 1.16. The Morgan fingerprint density at radius 3 is 2.88 bits per heavy atom. The highest BCUT2D eigenvalue weighted by atomic mass is 32.2. The van der Waals surface area contributed by atoms with Crippen molar-refractivity contribution >= 4 is 34.1 Å². The fourth-order valence-corrected chi connectivity index (χ4v) is 2.68. The normalized spacial score (nSPS) is 11.8. The largest absolute Gasteiger partial charge is 0.409 e. The van der Waals surface area contributed by atoms with Crippen molar-refractivity contribution in [1.82, 2.24) is 10.2 Å². The van der Waals surface area contributed by atoms with Crippen molar-refractivity contribution in [2.24, 2.45) is 10.9 Å². The van der Waals surface area contributed by atoms with Gasteiger partial charge in [0.2, 0.25) is 5.13 Å². The van der Waals surface area contributed by atoms with Crippen LogP contribution in [0.4, 0.5) is 5.13 Å². The SMILES string of the molecule is CN(C)c1nnc(SCCCC(N)=NO)s1. The van der Waals surface area contributed by atoms with Crippen LogP contribution in [0.3, 0.4) is 0 Å². The van der Waals surface area contributed by atoms with E-state index >= 15 is 0 Å². The van der Waals surface area contributed by atoms with Crippen LogP contribution < -0.4 is 10.6 Å². The lowest BCUT2D eigenvalue weighted by atomic mass is 10.3. The first-order valence-electron chi connectivity index (χ1n) is 4.73. The summed E-state index contributed by atoms with van der Waals surface area (Å²) >= 11 is 3.20. The van der Waals surface area contributed by atoms with Gasteiger partial charge in [-0.05, 0) is 6.42 Å². The van der Waals surface area contributed by atoms with Gasteiger partial charge in [-0.3, -0.25) is 0 Å². The maximum absolute atomic E-state index is 8.35. The number of aromatic nitrogens is 2. The molecule has 0 aliphatic carbocycles. The van der Waals surface area contributed by atoms with Crippen molar-refractivity contribution in [1.29, 1.82) is 0 Å². The summed E-state index contributed by atoms with van der Waals surface area (Å²) < 4.78 is 0.947. The lowest BCUT2D eigenvalue weighted by Crippen LogP contribution is -2.11. The highest BCUT2D eigenvalue weighted by Crippen LogP contribution is 2.27. The predicted octanol–water partition coefficient (Wildman–Crippen LogP) is 1.22. The van der Waals surface area contributed by atoms with Crippen LogP contribution in [0.2, 0.25) is 0 Å². The molecule has 1 heterocycles. The first kappa shape index (κ1) is 13.0. The van der Waals surface area contributed by atoms with Crippen molar-refractivity contribution in [3.8, 4) is 0 Å². The first-order chi connectivity index (χ1) is 7.63. The summed E-state index contributed by atoms with van der Waals surface area (Å²) in [7, 11) is 3.88. The maximum Gasteiger partial charge on any atom is 0.208 e. The zero-order valence-corrected chi connectivity index (χ0v) is 10.9. The number of nitrogens with two attached hydrogens (primary N) is 1. The Bertz CT molecular complexity index is 352. The van der Waals surface area contributed by atoms with Crippen LogP contribution in [0.5, 0.6) is 0 Å². The molecule has 1 rings (SSSR count). The zero-order valence-electron chi connectivity index (χ0n) is 9.25. The molecular weight excluding hydrogens is 246 g/mol. The lowest BCUT2D eigenvalue weighted by molar-refractivity contribution is 0.317. The van der Waals surface area contributed by atoms with Crippen LogP contribution >= 0.6 is 23.1 Å². The molecule has 3 N–H and O–H groups in total. The Morgan fingerprint density at radius 1 is 1.56 bits per heavy atom. The van der Waals surface area contributed by atoms with E-state index in [-0.39, 0.29) is 5.84 Å². The van der Waals surface area contributed by atoms with Crippen LogP contribution in [0.15, 0.2) is 9.50 Å². The molecular formula is C8H15N5OS2. The van der Waals surface area contributed by atoms with Gasteiger partial charge in [-0.25, -0.2) is 0 Å². The van der Waals surface area contributed by atoms with E-state index in [4.69, 9.17) is 10.9 Å². The van der Waals surface area contributed by atoms with E-state index in [1.807, 2.05) is 19.0 Å². The van der Waals surface area contributed by atoms with E-state index in [9.17, 15) is 0 Å². The van der Waals surface area contributed by atoms with Crippen LogP contribution in [0.25, 0.3) is 0 Å². The summed E-state index contributed by atoms with van der Waals surface area (Å²) in [6.07, 6.45) is 1.46. The van der Waals surface area contributed by atoms with Gasteiger partial charge in [0.25, 0.3) is 0 Å². The molecule has 90 valence electrons. The molecule has 1 aromatic heterocycles. The monoisotopic (exact) mass is 261 g/mol. The third-order valence-corrected chi connectivity index (χ3v) is 4.02. The third kappa shape index (κ3) is 4.23. The molecule has 1 aromatic rings. The van der Waals surface area contributed by atoms with E-state index in [1.54, 1.807) is 23.1 Å². The maximum atomic E-state index is 8.35. The Morgan fingerprint density at radius 2 is 2.31 bits per heavy atom. The molecule has 0 aliphatic heterocycles. The van der Waals surface area contributed by atoms with Gasteiger partial charge < -0.3 is 15.8 Å². The molecule has 16 heavy (non-hydrogen) atoms. The van der Waals surface area contributed by atoms with Crippen molar-refractivity contribution in [3.05, 3.63) is 0 Å². The van der Waals surface area contributed by atoms with Gasteiger partial charge in [0.15, 0.2) is 4.34 Å². The minimum absolute atomic E-state index is 0.270. The molecule has 0 fully saturated rings. The van der Waals surface area contributed by atoms with Crippen LogP contribution in [-0.4, -0.2) is 41.1 Å². The lowest BCUT2D eigenvalue weighted by Gasteiger charge is -2.03. The minimum Gasteiger partial charge on any atom is -0.409 e. The number of hydrogen-bond acceptors (Lipinski definition) is 7. The number of hydrogen-bond donors (Lipinski definition) is 2. The van der Waals surface area contributed by atoms with Gasteiger partial charge >= 0.3 is 0 Å². The molecule has 0 spiro atoms. The number of thioether (sulfide) groups is 1. The molecule has 8 heteroatoms. The molecule has 0 radical (unpaired) electrons. The van der Waals surface area contributed by atoms with Gasteiger partial charge in [0, 0.05) is 26.3 Å². The van der Waals surface area contributed by atoms with Crippen molar-refractivity contribution in [2.75, 3.05) is 24.7 Å². The average molecular weight is 261 g/mol. The molecule has 0 amide bonds. The Hall–Kier alpha value is -1.02. The summed E-state index contributed by atoms with van der Waals surface area (Å²) in [6, 6.07) is 0. The number of nitrogens with zero attached hydrogens (tertiary/aromatic N) is 4. The molecule has 0 aromatic carbocycles. The number of rotatable bonds is 6. The summed E-state index contributed by atoms with van der Waals surface area (Å²) in [5, 5.41) is 20.2. The summed E-state index contributed by atoms with van der Waals surface area (Å²) in [5.41, 5.74) is 5.35. The topological polar surface area (TPSA) is 87.6 Å². The van der Waals surface area contributed by atoms with Gasteiger partial charge in [-0.2, -0.15) is 0 Å². The Labute approximate surface area is 103 Å². The number of anilines is 1. The minimum atomic E-state index is 0.270. The van der Waals surface area contributed by atoms with Crippen molar-refractivity contribution < 1.29 is 5.21 Å². The number of oxime groups is 1. The predicted molar refractivity (Wildman–Crippen MR) is 67.6 cm³/mol. The van der Waals surface area contributed by atoms with Crippen LogP contribution in [-0.2, 0) is 0 Å². The molecule has 0 saturated carbocycles. The number of amidine groups is 1. The van der Waals surface area contributed by atoms with Gasteiger partial charge in [-0.15, -0.1) is 10.2 Å². The van der Waals surface area contributed by atoms with E-state index in [2.05, 4.69) is 15.4 Å². The molecule has 0 bridgehead atoms. The fourth-order valence-electron chi connectivity index (χ4n) is 0.904. The highest BCUT2D eigenvalue weighted by Gasteiger charge is 2.05.